The molecular weight excluding hydrogens is 282 g/mol. The van der Waals surface area contributed by atoms with Crippen LogP contribution < -0.4 is 5.32 Å². The van der Waals surface area contributed by atoms with Crippen molar-refractivity contribution in [3.05, 3.63) is 28.2 Å². The molecule has 6 nitrogen and oxygen atoms in total. The van der Waals surface area contributed by atoms with E-state index in [-0.39, 0.29) is 11.8 Å². The minimum atomic E-state index is -0.147. The van der Waals surface area contributed by atoms with Gasteiger partial charge in [-0.3, -0.25) is 10.1 Å². The molecule has 0 fully saturated rings. The maximum atomic E-state index is 11.9. The summed E-state index contributed by atoms with van der Waals surface area (Å²) in [6, 6.07) is 3.62. The third-order valence-corrected chi connectivity index (χ3v) is 4.18. The molecule has 8 heteroatoms. The van der Waals surface area contributed by atoms with E-state index in [9.17, 15) is 4.79 Å². The molecule has 0 spiro atoms. The summed E-state index contributed by atoms with van der Waals surface area (Å²) in [4.78, 5) is 13.3. The molecule has 3 aromatic rings. The first-order chi connectivity index (χ1) is 9.15. The fourth-order valence-corrected chi connectivity index (χ4v) is 2.97. The highest BCUT2D eigenvalue weighted by molar-refractivity contribution is 7.20. The van der Waals surface area contributed by atoms with Crippen LogP contribution in [0.25, 0.3) is 4.96 Å². The van der Waals surface area contributed by atoms with Crippen LogP contribution in [0.15, 0.2) is 17.5 Å². The molecule has 0 saturated carbocycles. The number of aromatic nitrogens is 4. The fourth-order valence-electron chi connectivity index (χ4n) is 1.61. The molecule has 0 aliphatic rings. The lowest BCUT2D eigenvalue weighted by Crippen LogP contribution is -2.10. The zero-order valence-corrected chi connectivity index (χ0v) is 12.0. The molecule has 19 heavy (non-hydrogen) atoms. The summed E-state index contributed by atoms with van der Waals surface area (Å²) in [6.07, 6.45) is 0. The first-order valence-electron chi connectivity index (χ1n) is 5.72. The van der Waals surface area contributed by atoms with Gasteiger partial charge in [0.2, 0.25) is 10.1 Å². The molecule has 0 bridgehead atoms. The zero-order valence-electron chi connectivity index (χ0n) is 10.3. The lowest BCUT2D eigenvalue weighted by Gasteiger charge is -1.99. The van der Waals surface area contributed by atoms with E-state index in [0.717, 1.165) is 5.82 Å². The zero-order chi connectivity index (χ0) is 13.4. The normalized spacial score (nSPS) is 11.3. The Morgan fingerprint density at radius 1 is 1.42 bits per heavy atom. The molecule has 3 rings (SSSR count). The number of hydrogen-bond donors (Lipinski definition) is 1. The topological polar surface area (TPSA) is 72.2 Å². The van der Waals surface area contributed by atoms with Crippen LogP contribution in [0.5, 0.6) is 0 Å². The van der Waals surface area contributed by atoms with Crippen LogP contribution in [0.2, 0.25) is 0 Å². The number of carbonyl (C=O) groups excluding carboxylic acids is 1. The van der Waals surface area contributed by atoms with E-state index in [0.29, 0.717) is 15.0 Å². The van der Waals surface area contributed by atoms with Crippen molar-refractivity contribution >= 4 is 38.7 Å². The van der Waals surface area contributed by atoms with Crippen molar-refractivity contribution in [1.29, 1.82) is 0 Å². The molecule has 0 saturated heterocycles. The van der Waals surface area contributed by atoms with Crippen molar-refractivity contribution in [2.45, 2.75) is 19.8 Å². The number of amides is 1. The van der Waals surface area contributed by atoms with E-state index in [1.54, 1.807) is 10.6 Å². The standard InChI is InChI=1S/C11H11N5OS2/c1-6(2)8-13-14-11-16(8)15-10(19-11)12-9(17)7-4-3-5-18-7/h3-6H,1-2H3,(H,12,15,17). The molecule has 0 aromatic carbocycles. The Hall–Kier alpha value is -1.80. The highest BCUT2D eigenvalue weighted by Gasteiger charge is 2.16. The minimum Gasteiger partial charge on any atom is -0.296 e. The van der Waals surface area contributed by atoms with Gasteiger partial charge < -0.3 is 0 Å². The van der Waals surface area contributed by atoms with Crippen molar-refractivity contribution in [3.8, 4) is 0 Å². The Labute approximate surface area is 117 Å². The molecule has 0 aliphatic heterocycles. The van der Waals surface area contributed by atoms with Crippen molar-refractivity contribution in [2.24, 2.45) is 0 Å². The molecule has 0 unspecified atom stereocenters. The van der Waals surface area contributed by atoms with Gasteiger partial charge in [-0.25, -0.2) is 0 Å². The average Bonchev–Trinajstić information content (AvgIpc) is 3.03. The molecule has 0 radical (unpaired) electrons. The lowest BCUT2D eigenvalue weighted by molar-refractivity contribution is 0.103. The van der Waals surface area contributed by atoms with Crippen LogP contribution in [0.3, 0.4) is 0 Å². The summed E-state index contributed by atoms with van der Waals surface area (Å²) in [7, 11) is 0. The average molecular weight is 293 g/mol. The van der Waals surface area contributed by atoms with Crippen LogP contribution in [0, 0.1) is 0 Å². The van der Waals surface area contributed by atoms with Crippen molar-refractivity contribution in [1.82, 2.24) is 19.8 Å². The van der Waals surface area contributed by atoms with Crippen molar-refractivity contribution < 1.29 is 4.79 Å². The van der Waals surface area contributed by atoms with E-state index in [4.69, 9.17) is 0 Å². The number of hydrogen-bond acceptors (Lipinski definition) is 6. The van der Waals surface area contributed by atoms with Crippen LogP contribution in [0.4, 0.5) is 5.13 Å². The van der Waals surface area contributed by atoms with E-state index in [1.807, 2.05) is 25.3 Å². The van der Waals surface area contributed by atoms with Gasteiger partial charge in [-0.05, 0) is 11.4 Å². The molecule has 3 aromatic heterocycles. The number of carbonyl (C=O) groups is 1. The number of fused-ring (bicyclic) bond motifs is 1. The summed E-state index contributed by atoms with van der Waals surface area (Å²) >= 11 is 2.71. The van der Waals surface area contributed by atoms with Gasteiger partial charge in [0, 0.05) is 5.92 Å². The lowest BCUT2D eigenvalue weighted by atomic mass is 10.2. The van der Waals surface area contributed by atoms with Crippen LogP contribution >= 0.6 is 22.7 Å². The van der Waals surface area contributed by atoms with Gasteiger partial charge in [-0.2, -0.15) is 4.52 Å². The highest BCUT2D eigenvalue weighted by atomic mass is 32.1. The van der Waals surface area contributed by atoms with E-state index in [2.05, 4.69) is 20.6 Å². The second-order valence-corrected chi connectivity index (χ2v) is 6.15. The molecule has 1 N–H and O–H groups in total. The fraction of sp³-hybridized carbons (Fsp3) is 0.273. The van der Waals surface area contributed by atoms with Crippen LogP contribution in [-0.4, -0.2) is 25.7 Å². The highest BCUT2D eigenvalue weighted by Crippen LogP contribution is 2.22. The number of rotatable bonds is 3. The molecular formula is C11H11N5OS2. The number of nitrogens with one attached hydrogen (secondary N) is 1. The van der Waals surface area contributed by atoms with Gasteiger partial charge in [0.25, 0.3) is 5.91 Å². The Kier molecular flexibility index (Phi) is 3.03. The van der Waals surface area contributed by atoms with Gasteiger partial charge >= 0.3 is 0 Å². The van der Waals surface area contributed by atoms with Crippen LogP contribution in [-0.2, 0) is 0 Å². The summed E-state index contributed by atoms with van der Waals surface area (Å²) in [6.45, 7) is 4.05. The summed E-state index contributed by atoms with van der Waals surface area (Å²) in [5.41, 5.74) is 0. The predicted octanol–water partition coefficient (Wildman–Crippen LogP) is 2.62. The third-order valence-electron chi connectivity index (χ3n) is 2.50. The van der Waals surface area contributed by atoms with E-state index >= 15 is 0 Å². The Morgan fingerprint density at radius 2 is 2.26 bits per heavy atom. The first-order valence-corrected chi connectivity index (χ1v) is 7.42. The molecule has 1 amide bonds. The van der Waals surface area contributed by atoms with Crippen LogP contribution in [0.1, 0.15) is 35.3 Å². The van der Waals surface area contributed by atoms with Crippen molar-refractivity contribution in [3.63, 3.8) is 0 Å². The smallest absolute Gasteiger partial charge is 0.267 e. The minimum absolute atomic E-state index is 0.147. The summed E-state index contributed by atoms with van der Waals surface area (Å²) in [5, 5.41) is 17.6. The Morgan fingerprint density at radius 3 is 2.95 bits per heavy atom. The number of thiophene rings is 1. The maximum Gasteiger partial charge on any atom is 0.267 e. The molecule has 0 aliphatic carbocycles. The first kappa shape index (κ1) is 12.2. The van der Waals surface area contributed by atoms with Gasteiger partial charge in [-0.1, -0.05) is 31.3 Å². The van der Waals surface area contributed by atoms with Gasteiger partial charge in [0.15, 0.2) is 5.82 Å². The maximum absolute atomic E-state index is 11.9. The molecule has 3 heterocycles. The number of anilines is 1. The van der Waals surface area contributed by atoms with E-state index in [1.165, 1.54) is 22.7 Å². The third kappa shape index (κ3) is 2.24. The van der Waals surface area contributed by atoms with Crippen molar-refractivity contribution in [2.75, 3.05) is 5.32 Å². The second kappa shape index (κ2) is 4.71. The summed E-state index contributed by atoms with van der Waals surface area (Å²) in [5.74, 6) is 0.881. The van der Waals surface area contributed by atoms with E-state index < -0.39 is 0 Å². The largest absolute Gasteiger partial charge is 0.296 e. The van der Waals surface area contributed by atoms with Gasteiger partial charge in [-0.15, -0.1) is 26.6 Å². The second-order valence-electron chi connectivity index (χ2n) is 4.25. The van der Waals surface area contributed by atoms with Gasteiger partial charge in [0.05, 0.1) is 4.88 Å². The van der Waals surface area contributed by atoms with Gasteiger partial charge in [0.1, 0.15) is 0 Å². The number of nitrogens with zero attached hydrogens (tertiary/aromatic N) is 4. The quantitative estimate of drug-likeness (QED) is 0.805. The predicted molar refractivity (Wildman–Crippen MR) is 75.0 cm³/mol. The Balaban J connectivity index is 1.88. The summed E-state index contributed by atoms with van der Waals surface area (Å²) < 4.78 is 1.68. The molecule has 0 atom stereocenters. The monoisotopic (exact) mass is 293 g/mol. The SMILES string of the molecule is CC(C)c1nnc2sc(NC(=O)c3cccs3)nn12. The molecule has 98 valence electrons. The Bertz CT molecular complexity index is 713.